The van der Waals surface area contributed by atoms with Crippen molar-refractivity contribution in [1.82, 2.24) is 0 Å². The lowest BCUT2D eigenvalue weighted by atomic mass is 10.1. The second kappa shape index (κ2) is 6.73. The number of anilines is 1. The van der Waals surface area contributed by atoms with Crippen LogP contribution in [0, 0.1) is 0 Å². The van der Waals surface area contributed by atoms with E-state index in [0.29, 0.717) is 6.54 Å². The van der Waals surface area contributed by atoms with Crippen LogP contribution in [0.25, 0.3) is 0 Å². The van der Waals surface area contributed by atoms with Gasteiger partial charge in [0.15, 0.2) is 0 Å². The predicted octanol–water partition coefficient (Wildman–Crippen LogP) is 2.34. The van der Waals surface area contributed by atoms with Gasteiger partial charge in [-0.2, -0.15) is 0 Å². The van der Waals surface area contributed by atoms with Crippen LogP contribution in [0.3, 0.4) is 0 Å². The highest BCUT2D eigenvalue weighted by Gasteiger charge is 2.09. The summed E-state index contributed by atoms with van der Waals surface area (Å²) in [5, 5.41) is 2.89. The topological polar surface area (TPSA) is 64.3 Å². The number of rotatable bonds is 5. The molecule has 0 heterocycles. The molecule has 0 spiro atoms. The van der Waals surface area contributed by atoms with Gasteiger partial charge < -0.3 is 15.8 Å². The van der Waals surface area contributed by atoms with Crippen LogP contribution in [0.1, 0.15) is 11.1 Å². The zero-order valence-electron chi connectivity index (χ0n) is 11.4. The molecule has 0 radical (unpaired) electrons. The van der Waals surface area contributed by atoms with E-state index < -0.39 is 0 Å². The third-order valence-electron chi connectivity index (χ3n) is 3.05. The molecule has 0 aliphatic heterocycles. The molecule has 3 N–H and O–H groups in total. The molecule has 1 amide bonds. The van der Waals surface area contributed by atoms with Gasteiger partial charge in [0.25, 0.3) is 0 Å². The van der Waals surface area contributed by atoms with Crippen molar-refractivity contribution in [1.29, 1.82) is 0 Å². The minimum absolute atomic E-state index is 0.0876. The number of benzene rings is 2. The number of methoxy groups -OCH3 is 1. The second-order valence-corrected chi connectivity index (χ2v) is 4.40. The Balaban J connectivity index is 2.09. The van der Waals surface area contributed by atoms with Gasteiger partial charge in [-0.25, -0.2) is 0 Å². The van der Waals surface area contributed by atoms with Gasteiger partial charge >= 0.3 is 0 Å². The number of nitrogens with two attached hydrogens (primary N) is 1. The standard InChI is InChI=1S/C16H18N2O2/c1-20-15-9-5-3-6-12(15)10-16(19)18-14-8-4-2-7-13(14)11-17/h2-9H,10-11,17H2,1H3,(H,18,19). The fraction of sp³-hybridized carbons (Fsp3) is 0.188. The molecule has 4 heteroatoms. The molecule has 0 atom stereocenters. The summed E-state index contributed by atoms with van der Waals surface area (Å²) in [6, 6.07) is 15.0. The van der Waals surface area contributed by atoms with E-state index in [0.717, 1.165) is 22.6 Å². The van der Waals surface area contributed by atoms with E-state index in [4.69, 9.17) is 10.5 Å². The van der Waals surface area contributed by atoms with E-state index in [-0.39, 0.29) is 12.3 Å². The maximum Gasteiger partial charge on any atom is 0.228 e. The highest BCUT2D eigenvalue weighted by molar-refractivity contribution is 5.93. The van der Waals surface area contributed by atoms with Crippen LogP contribution in [-0.2, 0) is 17.8 Å². The Hall–Kier alpha value is -2.33. The first-order valence-corrected chi connectivity index (χ1v) is 6.44. The lowest BCUT2D eigenvalue weighted by molar-refractivity contribution is -0.115. The van der Waals surface area contributed by atoms with Gasteiger partial charge in [0.2, 0.25) is 5.91 Å². The fourth-order valence-electron chi connectivity index (χ4n) is 2.04. The van der Waals surface area contributed by atoms with Crippen LogP contribution in [0.2, 0.25) is 0 Å². The molecule has 0 bridgehead atoms. The van der Waals surface area contributed by atoms with E-state index in [1.165, 1.54) is 0 Å². The van der Waals surface area contributed by atoms with Crippen molar-refractivity contribution in [2.45, 2.75) is 13.0 Å². The maximum atomic E-state index is 12.1. The molecule has 2 aromatic rings. The number of carbonyl (C=O) groups is 1. The minimum atomic E-state index is -0.0876. The van der Waals surface area contributed by atoms with E-state index in [1.54, 1.807) is 7.11 Å². The smallest absolute Gasteiger partial charge is 0.228 e. The van der Waals surface area contributed by atoms with E-state index in [1.807, 2.05) is 48.5 Å². The second-order valence-electron chi connectivity index (χ2n) is 4.40. The number of hydrogen-bond acceptors (Lipinski definition) is 3. The summed E-state index contributed by atoms with van der Waals surface area (Å²) >= 11 is 0. The van der Waals surface area contributed by atoms with Crippen LogP contribution in [0.4, 0.5) is 5.69 Å². The number of hydrogen-bond donors (Lipinski definition) is 2. The van der Waals surface area contributed by atoms with E-state index in [9.17, 15) is 4.79 Å². The first kappa shape index (κ1) is 14.1. The molecule has 20 heavy (non-hydrogen) atoms. The summed E-state index contributed by atoms with van der Waals surface area (Å²) < 4.78 is 5.24. The molecular weight excluding hydrogens is 252 g/mol. The Kier molecular flexibility index (Phi) is 4.74. The van der Waals surface area contributed by atoms with Crippen molar-refractivity contribution in [3.63, 3.8) is 0 Å². The van der Waals surface area contributed by atoms with Crippen molar-refractivity contribution in [3.05, 3.63) is 59.7 Å². The molecule has 0 fully saturated rings. The first-order valence-electron chi connectivity index (χ1n) is 6.44. The molecule has 0 unspecified atom stereocenters. The van der Waals surface area contributed by atoms with E-state index >= 15 is 0 Å². The van der Waals surface area contributed by atoms with Crippen molar-refractivity contribution >= 4 is 11.6 Å². The maximum absolute atomic E-state index is 12.1. The molecule has 0 saturated carbocycles. The average Bonchev–Trinajstić information content (AvgIpc) is 2.48. The van der Waals surface area contributed by atoms with Gasteiger partial charge in [0, 0.05) is 17.8 Å². The summed E-state index contributed by atoms with van der Waals surface area (Å²) in [5.74, 6) is 0.630. The number of carbonyl (C=O) groups excluding carboxylic acids is 1. The molecule has 104 valence electrons. The largest absolute Gasteiger partial charge is 0.496 e. The summed E-state index contributed by atoms with van der Waals surface area (Å²) in [7, 11) is 1.60. The quantitative estimate of drug-likeness (QED) is 0.876. The van der Waals surface area contributed by atoms with Gasteiger partial charge in [-0.1, -0.05) is 36.4 Å². The molecule has 4 nitrogen and oxygen atoms in total. The molecule has 0 aromatic heterocycles. The van der Waals surface area contributed by atoms with Crippen LogP contribution in [0.5, 0.6) is 5.75 Å². The Bertz CT molecular complexity index is 545. The lowest BCUT2D eigenvalue weighted by Gasteiger charge is -2.11. The number of amides is 1. The Morgan fingerprint density at radius 2 is 1.75 bits per heavy atom. The van der Waals surface area contributed by atoms with Crippen molar-refractivity contribution in [2.24, 2.45) is 5.73 Å². The van der Waals surface area contributed by atoms with Crippen LogP contribution < -0.4 is 15.8 Å². The normalized spacial score (nSPS) is 10.1. The van der Waals surface area contributed by atoms with Crippen molar-refractivity contribution < 1.29 is 9.53 Å². The summed E-state index contributed by atoms with van der Waals surface area (Å²) in [6.45, 7) is 0.394. The lowest BCUT2D eigenvalue weighted by Crippen LogP contribution is -2.16. The Morgan fingerprint density at radius 1 is 1.10 bits per heavy atom. The zero-order chi connectivity index (χ0) is 14.4. The minimum Gasteiger partial charge on any atom is -0.496 e. The number of ether oxygens (including phenoxy) is 1. The third-order valence-corrected chi connectivity index (χ3v) is 3.05. The summed E-state index contributed by atoms with van der Waals surface area (Å²) in [4.78, 5) is 12.1. The van der Waals surface area contributed by atoms with E-state index in [2.05, 4.69) is 5.32 Å². The van der Waals surface area contributed by atoms with Crippen molar-refractivity contribution in [3.8, 4) is 5.75 Å². The van der Waals surface area contributed by atoms with Crippen LogP contribution in [0.15, 0.2) is 48.5 Å². The molecule has 2 aromatic carbocycles. The molecule has 2 rings (SSSR count). The van der Waals surface area contributed by atoms with Gasteiger partial charge in [0.1, 0.15) is 5.75 Å². The molecule has 0 aliphatic carbocycles. The highest BCUT2D eigenvalue weighted by atomic mass is 16.5. The summed E-state index contributed by atoms with van der Waals surface area (Å²) in [6.07, 6.45) is 0.267. The molecular formula is C16H18N2O2. The summed E-state index contributed by atoms with van der Waals surface area (Å²) in [5.41, 5.74) is 8.19. The van der Waals surface area contributed by atoms with Gasteiger partial charge in [-0.3, -0.25) is 4.79 Å². The van der Waals surface area contributed by atoms with Gasteiger partial charge in [0.05, 0.1) is 13.5 Å². The SMILES string of the molecule is COc1ccccc1CC(=O)Nc1ccccc1CN. The monoisotopic (exact) mass is 270 g/mol. The zero-order valence-corrected chi connectivity index (χ0v) is 11.4. The number of para-hydroxylation sites is 2. The Labute approximate surface area is 118 Å². The highest BCUT2D eigenvalue weighted by Crippen LogP contribution is 2.19. The van der Waals surface area contributed by atoms with Gasteiger partial charge in [-0.15, -0.1) is 0 Å². The molecule has 0 saturated heterocycles. The van der Waals surface area contributed by atoms with Crippen LogP contribution in [-0.4, -0.2) is 13.0 Å². The molecule has 0 aliphatic rings. The fourth-order valence-corrected chi connectivity index (χ4v) is 2.04. The average molecular weight is 270 g/mol. The van der Waals surface area contributed by atoms with Crippen LogP contribution >= 0.6 is 0 Å². The Morgan fingerprint density at radius 3 is 2.45 bits per heavy atom. The third kappa shape index (κ3) is 3.36. The first-order chi connectivity index (χ1) is 9.74. The predicted molar refractivity (Wildman–Crippen MR) is 79.7 cm³/mol. The number of nitrogens with one attached hydrogen (secondary N) is 1. The van der Waals surface area contributed by atoms with Crippen molar-refractivity contribution in [2.75, 3.05) is 12.4 Å². The van der Waals surface area contributed by atoms with Gasteiger partial charge in [-0.05, 0) is 17.7 Å².